The minimum Gasteiger partial charge on any atom is -0.351 e. The van der Waals surface area contributed by atoms with Crippen molar-refractivity contribution in [2.45, 2.75) is 19.5 Å². The Bertz CT molecular complexity index is 957. The van der Waals surface area contributed by atoms with Crippen LogP contribution in [-0.4, -0.2) is 58.8 Å². The van der Waals surface area contributed by atoms with Crippen LogP contribution in [0.1, 0.15) is 23.0 Å². The molecule has 2 heterocycles. The second kappa shape index (κ2) is 8.49. The Labute approximate surface area is 170 Å². The van der Waals surface area contributed by atoms with Crippen LogP contribution in [0, 0.1) is 0 Å². The lowest BCUT2D eigenvalue weighted by Crippen LogP contribution is -2.53. The highest BCUT2D eigenvalue weighted by molar-refractivity contribution is 6.00. The Hall–Kier alpha value is -3.12. The number of H-pyrrole nitrogens is 1. The molecule has 0 spiro atoms. The molecule has 0 unspecified atom stereocenters. The maximum absolute atomic E-state index is 12.8. The monoisotopic (exact) mass is 390 g/mol. The summed E-state index contributed by atoms with van der Waals surface area (Å²) in [6.07, 6.45) is 0. The molecule has 1 fully saturated rings. The van der Waals surface area contributed by atoms with Crippen molar-refractivity contribution in [1.82, 2.24) is 20.1 Å². The van der Waals surface area contributed by atoms with E-state index in [2.05, 4.69) is 27.3 Å². The van der Waals surface area contributed by atoms with Gasteiger partial charge in [0.25, 0.3) is 5.91 Å². The summed E-state index contributed by atoms with van der Waals surface area (Å²) in [5, 5.41) is 3.81. The van der Waals surface area contributed by atoms with Crippen LogP contribution in [0.4, 0.5) is 0 Å². The van der Waals surface area contributed by atoms with Crippen LogP contribution in [0.3, 0.4) is 0 Å². The molecular formula is C23H26N4O2. The number of carbonyl (C=O) groups excluding carboxylic acids is 2. The molecule has 29 heavy (non-hydrogen) atoms. The summed E-state index contributed by atoms with van der Waals surface area (Å²) in [6.45, 7) is 5.68. The van der Waals surface area contributed by atoms with E-state index in [1.807, 2.05) is 53.4 Å². The van der Waals surface area contributed by atoms with Crippen molar-refractivity contribution in [2.75, 3.05) is 26.2 Å². The van der Waals surface area contributed by atoms with E-state index in [1.165, 1.54) is 5.56 Å². The number of carbonyl (C=O) groups is 2. The summed E-state index contributed by atoms with van der Waals surface area (Å²) in [4.78, 5) is 32.6. The number of hydrogen-bond donors (Lipinski definition) is 2. The number of rotatable bonds is 5. The fourth-order valence-electron chi connectivity index (χ4n) is 3.77. The van der Waals surface area contributed by atoms with E-state index in [4.69, 9.17) is 0 Å². The number of hydrogen-bond acceptors (Lipinski definition) is 3. The van der Waals surface area contributed by atoms with E-state index in [9.17, 15) is 9.59 Å². The topological polar surface area (TPSA) is 68.4 Å². The molecule has 4 rings (SSSR count). The lowest BCUT2D eigenvalue weighted by Gasteiger charge is -2.36. The first-order valence-corrected chi connectivity index (χ1v) is 10.0. The van der Waals surface area contributed by atoms with Gasteiger partial charge in [0.05, 0.1) is 0 Å². The SMILES string of the molecule is C[C@H](NC(=O)c1cc2ccccc2[nH]1)C(=O)N1CCN(Cc2ccccc2)CC1. The Morgan fingerprint density at radius 3 is 2.41 bits per heavy atom. The number of fused-ring (bicyclic) bond motifs is 1. The molecule has 0 bridgehead atoms. The van der Waals surface area contributed by atoms with Gasteiger partial charge in [-0.05, 0) is 24.6 Å². The predicted octanol–water partition coefficient (Wildman–Crippen LogP) is 2.63. The van der Waals surface area contributed by atoms with Gasteiger partial charge < -0.3 is 15.2 Å². The molecule has 6 heteroatoms. The van der Waals surface area contributed by atoms with Gasteiger partial charge in [-0.15, -0.1) is 0 Å². The van der Waals surface area contributed by atoms with Crippen LogP contribution in [0.25, 0.3) is 10.9 Å². The number of para-hydroxylation sites is 1. The highest BCUT2D eigenvalue weighted by Crippen LogP contribution is 2.15. The summed E-state index contributed by atoms with van der Waals surface area (Å²) < 4.78 is 0. The van der Waals surface area contributed by atoms with Gasteiger partial charge in [0.15, 0.2) is 0 Å². The lowest BCUT2D eigenvalue weighted by atomic mass is 10.2. The van der Waals surface area contributed by atoms with Crippen molar-refractivity contribution in [3.8, 4) is 0 Å². The van der Waals surface area contributed by atoms with E-state index in [1.54, 1.807) is 6.92 Å². The fraction of sp³-hybridized carbons (Fsp3) is 0.304. The average Bonchev–Trinajstić information content (AvgIpc) is 3.19. The summed E-state index contributed by atoms with van der Waals surface area (Å²) in [6, 6.07) is 19.3. The van der Waals surface area contributed by atoms with Gasteiger partial charge >= 0.3 is 0 Å². The molecule has 2 amide bonds. The molecule has 2 aromatic carbocycles. The van der Waals surface area contributed by atoms with Crippen LogP contribution in [0.5, 0.6) is 0 Å². The molecule has 0 radical (unpaired) electrons. The van der Waals surface area contributed by atoms with Crippen LogP contribution >= 0.6 is 0 Å². The number of amides is 2. The van der Waals surface area contributed by atoms with Gasteiger partial charge in [0, 0.05) is 43.6 Å². The second-order valence-corrected chi connectivity index (χ2v) is 7.55. The minimum absolute atomic E-state index is 0.0335. The normalized spacial score (nSPS) is 16.0. The third-order valence-corrected chi connectivity index (χ3v) is 5.43. The second-order valence-electron chi connectivity index (χ2n) is 7.55. The molecule has 0 saturated carbocycles. The van der Waals surface area contributed by atoms with Crippen LogP contribution in [0.15, 0.2) is 60.7 Å². The smallest absolute Gasteiger partial charge is 0.268 e. The van der Waals surface area contributed by atoms with Crippen LogP contribution in [0.2, 0.25) is 0 Å². The molecule has 2 N–H and O–H groups in total. The number of nitrogens with zero attached hydrogens (tertiary/aromatic N) is 2. The van der Waals surface area contributed by atoms with Gasteiger partial charge in [-0.1, -0.05) is 48.5 Å². The van der Waals surface area contributed by atoms with E-state index >= 15 is 0 Å². The van der Waals surface area contributed by atoms with Crippen molar-refractivity contribution >= 4 is 22.7 Å². The summed E-state index contributed by atoms with van der Waals surface area (Å²) in [7, 11) is 0. The quantitative estimate of drug-likeness (QED) is 0.704. The van der Waals surface area contributed by atoms with Crippen LogP contribution < -0.4 is 5.32 Å². The molecule has 0 aliphatic carbocycles. The summed E-state index contributed by atoms with van der Waals surface area (Å²) in [5.41, 5.74) is 2.66. The lowest BCUT2D eigenvalue weighted by molar-refractivity contribution is -0.134. The average molecular weight is 390 g/mol. The first kappa shape index (κ1) is 19.2. The zero-order valence-electron chi connectivity index (χ0n) is 16.6. The number of nitrogens with one attached hydrogen (secondary N) is 2. The van der Waals surface area contributed by atoms with Crippen molar-refractivity contribution in [3.05, 3.63) is 71.9 Å². The van der Waals surface area contributed by atoms with Gasteiger partial charge in [0.2, 0.25) is 5.91 Å². The van der Waals surface area contributed by atoms with Crippen LogP contribution in [-0.2, 0) is 11.3 Å². The zero-order valence-corrected chi connectivity index (χ0v) is 16.6. The Balaban J connectivity index is 1.29. The predicted molar refractivity (Wildman–Crippen MR) is 114 cm³/mol. The molecule has 3 aromatic rings. The standard InChI is InChI=1S/C23H26N4O2/c1-17(24-22(28)21-15-19-9-5-6-10-20(19)25-21)23(29)27-13-11-26(12-14-27)16-18-7-3-2-4-8-18/h2-10,15,17,25H,11-14,16H2,1H3,(H,24,28)/t17-/m0/s1. The molecule has 1 aromatic heterocycles. The molecule has 1 aliphatic heterocycles. The van der Waals surface area contributed by atoms with E-state index in [-0.39, 0.29) is 11.8 Å². The largest absolute Gasteiger partial charge is 0.351 e. The Kier molecular flexibility index (Phi) is 5.62. The molecule has 1 atom stereocenters. The molecular weight excluding hydrogens is 364 g/mol. The van der Waals surface area contributed by atoms with Crippen molar-refractivity contribution < 1.29 is 9.59 Å². The van der Waals surface area contributed by atoms with E-state index in [0.29, 0.717) is 18.8 Å². The number of piperazine rings is 1. The summed E-state index contributed by atoms with van der Waals surface area (Å²) >= 11 is 0. The van der Waals surface area contributed by atoms with Gasteiger partial charge in [0.1, 0.15) is 11.7 Å². The van der Waals surface area contributed by atoms with Crippen molar-refractivity contribution in [1.29, 1.82) is 0 Å². The number of benzene rings is 2. The van der Waals surface area contributed by atoms with E-state index in [0.717, 1.165) is 30.5 Å². The maximum atomic E-state index is 12.8. The number of aromatic nitrogens is 1. The van der Waals surface area contributed by atoms with Crippen molar-refractivity contribution in [3.63, 3.8) is 0 Å². The van der Waals surface area contributed by atoms with Gasteiger partial charge in [-0.2, -0.15) is 0 Å². The van der Waals surface area contributed by atoms with Gasteiger partial charge in [-0.25, -0.2) is 0 Å². The highest BCUT2D eigenvalue weighted by Gasteiger charge is 2.26. The molecule has 150 valence electrons. The zero-order chi connectivity index (χ0) is 20.2. The minimum atomic E-state index is -0.561. The fourth-order valence-corrected chi connectivity index (χ4v) is 3.77. The Morgan fingerprint density at radius 1 is 1.00 bits per heavy atom. The molecule has 6 nitrogen and oxygen atoms in total. The third-order valence-electron chi connectivity index (χ3n) is 5.43. The third kappa shape index (κ3) is 4.49. The first-order chi connectivity index (χ1) is 14.1. The molecule has 1 aliphatic rings. The molecule has 1 saturated heterocycles. The number of aromatic amines is 1. The first-order valence-electron chi connectivity index (χ1n) is 10.0. The summed E-state index contributed by atoms with van der Waals surface area (Å²) in [5.74, 6) is -0.293. The Morgan fingerprint density at radius 2 is 1.69 bits per heavy atom. The van der Waals surface area contributed by atoms with Gasteiger partial charge in [-0.3, -0.25) is 14.5 Å². The van der Waals surface area contributed by atoms with E-state index < -0.39 is 6.04 Å². The maximum Gasteiger partial charge on any atom is 0.268 e. The van der Waals surface area contributed by atoms with Crippen molar-refractivity contribution in [2.24, 2.45) is 0 Å². The highest BCUT2D eigenvalue weighted by atomic mass is 16.2.